The third-order valence-electron chi connectivity index (χ3n) is 3.83. The molecule has 3 N–H and O–H groups in total. The van der Waals surface area contributed by atoms with Crippen molar-refractivity contribution in [3.8, 4) is 17.1 Å². The largest absolute Gasteiger partial charge is 0.378 e. The number of nitrogens with one attached hydrogen (secondary N) is 1. The molecule has 140 valence electrons. The van der Waals surface area contributed by atoms with Crippen molar-refractivity contribution in [1.29, 1.82) is 0 Å². The highest BCUT2D eigenvalue weighted by Gasteiger charge is 2.25. The van der Waals surface area contributed by atoms with Crippen molar-refractivity contribution in [3.63, 3.8) is 0 Å². The third-order valence-corrected chi connectivity index (χ3v) is 4.81. The predicted molar refractivity (Wildman–Crippen MR) is 103 cm³/mol. The van der Waals surface area contributed by atoms with E-state index in [1.807, 2.05) is 54.8 Å². The second-order valence-corrected chi connectivity index (χ2v) is 6.60. The minimum atomic E-state index is -0.518. The lowest BCUT2D eigenvalue weighted by Gasteiger charge is -2.05. The average Bonchev–Trinajstić information content (AvgIpc) is 3.46. The van der Waals surface area contributed by atoms with Crippen LogP contribution in [0.1, 0.15) is 22.3 Å². The maximum Gasteiger partial charge on any atom is 0.294 e. The van der Waals surface area contributed by atoms with Crippen LogP contribution in [0.5, 0.6) is 0 Å². The first-order valence-corrected chi connectivity index (χ1v) is 9.01. The normalized spacial score (nSPS) is 11.5. The molecule has 0 saturated carbocycles. The van der Waals surface area contributed by atoms with Gasteiger partial charge >= 0.3 is 0 Å². The lowest BCUT2D eigenvalue weighted by molar-refractivity contribution is 0.0950. The number of hydrogen-bond acceptors (Lipinski definition) is 9. The molecule has 28 heavy (non-hydrogen) atoms. The van der Waals surface area contributed by atoms with Gasteiger partial charge in [-0.1, -0.05) is 41.6 Å². The molecule has 0 aliphatic heterocycles. The van der Waals surface area contributed by atoms with Crippen LogP contribution in [0, 0.1) is 0 Å². The zero-order chi connectivity index (χ0) is 19.5. The van der Waals surface area contributed by atoms with Crippen molar-refractivity contribution >= 4 is 28.8 Å². The van der Waals surface area contributed by atoms with Crippen molar-refractivity contribution in [1.82, 2.24) is 30.7 Å². The van der Waals surface area contributed by atoms with E-state index in [9.17, 15) is 4.79 Å². The first-order valence-electron chi connectivity index (χ1n) is 8.13. The minimum Gasteiger partial charge on any atom is -0.378 e. The third kappa shape index (κ3) is 3.25. The zero-order valence-corrected chi connectivity index (χ0v) is 15.4. The van der Waals surface area contributed by atoms with Gasteiger partial charge in [0.05, 0.1) is 5.71 Å². The Hall–Kier alpha value is -3.86. The van der Waals surface area contributed by atoms with Crippen LogP contribution in [-0.2, 0) is 0 Å². The molecule has 0 spiro atoms. The first-order chi connectivity index (χ1) is 13.6. The number of carbonyl (C=O) groups is 1. The summed E-state index contributed by atoms with van der Waals surface area (Å²) < 4.78 is 5.96. The quantitative estimate of drug-likeness (QED) is 0.390. The highest BCUT2D eigenvalue weighted by atomic mass is 32.1. The van der Waals surface area contributed by atoms with Gasteiger partial charge in [-0.25, -0.2) is 10.1 Å². The summed E-state index contributed by atoms with van der Waals surface area (Å²) in [6.07, 6.45) is 0. The maximum atomic E-state index is 12.8. The van der Waals surface area contributed by atoms with Gasteiger partial charge in [0, 0.05) is 10.4 Å². The summed E-state index contributed by atoms with van der Waals surface area (Å²) in [5.41, 5.74) is 10.1. The molecule has 1 amide bonds. The number of hydrogen-bond donors (Lipinski definition) is 2. The number of nitrogens with two attached hydrogens (primary N) is 1. The highest BCUT2D eigenvalue weighted by molar-refractivity contribution is 7.12. The van der Waals surface area contributed by atoms with Gasteiger partial charge in [0.15, 0.2) is 5.69 Å². The monoisotopic (exact) mass is 394 g/mol. The van der Waals surface area contributed by atoms with Crippen LogP contribution in [0.4, 0.5) is 5.82 Å². The Bertz CT molecular complexity index is 1130. The summed E-state index contributed by atoms with van der Waals surface area (Å²) in [5, 5.41) is 21.4. The van der Waals surface area contributed by atoms with Gasteiger partial charge in [0.2, 0.25) is 11.6 Å². The van der Waals surface area contributed by atoms with E-state index in [1.54, 1.807) is 0 Å². The summed E-state index contributed by atoms with van der Waals surface area (Å²) in [6.45, 7) is 1.81. The van der Waals surface area contributed by atoms with Gasteiger partial charge in [-0.2, -0.15) is 9.78 Å². The Morgan fingerprint density at radius 2 is 2.04 bits per heavy atom. The van der Waals surface area contributed by atoms with E-state index in [-0.39, 0.29) is 17.3 Å². The van der Waals surface area contributed by atoms with Gasteiger partial charge < -0.3 is 5.73 Å². The molecule has 3 aromatic heterocycles. The number of carbonyl (C=O) groups excluding carboxylic acids is 1. The van der Waals surface area contributed by atoms with Crippen LogP contribution >= 0.6 is 11.3 Å². The van der Waals surface area contributed by atoms with E-state index in [0.717, 1.165) is 4.88 Å². The Balaban J connectivity index is 1.73. The van der Waals surface area contributed by atoms with E-state index in [2.05, 4.69) is 35.8 Å². The molecule has 0 saturated heterocycles. The molecule has 1 aromatic carbocycles. The number of nitrogen functional groups attached to an aromatic ring is 1. The first kappa shape index (κ1) is 17.5. The molecule has 0 radical (unpaired) electrons. The molecule has 0 fully saturated rings. The molecule has 0 bridgehead atoms. The molecule has 11 heteroatoms. The molecular formula is C17H14N8O2S. The number of nitrogens with zero attached hydrogens (tertiary/aromatic N) is 6. The van der Waals surface area contributed by atoms with E-state index in [1.165, 1.54) is 16.0 Å². The summed E-state index contributed by atoms with van der Waals surface area (Å²) in [6, 6.07) is 13.0. The fraction of sp³-hybridized carbons (Fsp3) is 0.0588. The summed E-state index contributed by atoms with van der Waals surface area (Å²) in [4.78, 5) is 13.7. The SMILES string of the molecule is C/C(=N/NC(=O)c1nnn(-c2nonc2N)c1-c1ccccc1)c1cccs1. The number of benzene rings is 1. The van der Waals surface area contributed by atoms with Crippen LogP contribution < -0.4 is 11.2 Å². The predicted octanol–water partition coefficient (Wildman–Crippen LogP) is 2.11. The minimum absolute atomic E-state index is 0.0283. The second-order valence-electron chi connectivity index (χ2n) is 5.65. The van der Waals surface area contributed by atoms with Crippen molar-refractivity contribution in [2.45, 2.75) is 6.92 Å². The average molecular weight is 394 g/mol. The molecule has 3 heterocycles. The Labute approximate surface area is 162 Å². The summed E-state index contributed by atoms with van der Waals surface area (Å²) in [5.74, 6) is -0.347. The molecule has 4 rings (SSSR count). The molecule has 0 atom stereocenters. The van der Waals surface area contributed by atoms with Crippen molar-refractivity contribution in [2.75, 3.05) is 5.73 Å². The van der Waals surface area contributed by atoms with Crippen LogP contribution in [0.15, 0.2) is 57.6 Å². The van der Waals surface area contributed by atoms with E-state index >= 15 is 0 Å². The molecule has 0 aliphatic rings. The fourth-order valence-electron chi connectivity index (χ4n) is 2.50. The van der Waals surface area contributed by atoms with E-state index in [0.29, 0.717) is 17.0 Å². The number of hydrazone groups is 1. The number of rotatable bonds is 5. The molecule has 10 nitrogen and oxygen atoms in total. The van der Waals surface area contributed by atoms with Crippen LogP contribution in [0.25, 0.3) is 17.1 Å². The number of aromatic nitrogens is 5. The summed E-state index contributed by atoms with van der Waals surface area (Å²) >= 11 is 1.53. The lowest BCUT2D eigenvalue weighted by Crippen LogP contribution is -2.20. The Morgan fingerprint density at radius 3 is 2.71 bits per heavy atom. The van der Waals surface area contributed by atoms with Crippen LogP contribution in [0.2, 0.25) is 0 Å². The molecule has 0 unspecified atom stereocenters. The standard InChI is InChI=1S/C17H14N8O2S/c1-10(12-8-5-9-28-12)19-21-17(26)13-14(11-6-3-2-4-7-11)25(24-20-13)16-15(18)22-27-23-16/h2-9H,1H3,(H2,18,22)(H,21,26)/b19-10-. The van der Waals surface area contributed by atoms with Crippen LogP contribution in [0.3, 0.4) is 0 Å². The Morgan fingerprint density at radius 1 is 1.21 bits per heavy atom. The van der Waals surface area contributed by atoms with Gasteiger partial charge in [-0.05, 0) is 28.7 Å². The highest BCUT2D eigenvalue weighted by Crippen LogP contribution is 2.26. The van der Waals surface area contributed by atoms with E-state index < -0.39 is 5.91 Å². The van der Waals surface area contributed by atoms with E-state index in [4.69, 9.17) is 5.73 Å². The van der Waals surface area contributed by atoms with Crippen molar-refractivity contribution in [2.24, 2.45) is 5.10 Å². The molecule has 0 aliphatic carbocycles. The van der Waals surface area contributed by atoms with Crippen LogP contribution in [-0.4, -0.2) is 36.9 Å². The lowest BCUT2D eigenvalue weighted by atomic mass is 10.1. The fourth-order valence-corrected chi connectivity index (χ4v) is 3.18. The second kappa shape index (κ2) is 7.40. The number of anilines is 1. The van der Waals surface area contributed by atoms with Crippen molar-refractivity contribution < 1.29 is 9.42 Å². The number of thiophene rings is 1. The van der Waals surface area contributed by atoms with Crippen molar-refractivity contribution in [3.05, 3.63) is 58.4 Å². The maximum absolute atomic E-state index is 12.8. The van der Waals surface area contributed by atoms with Gasteiger partial charge in [0.25, 0.3) is 5.91 Å². The van der Waals surface area contributed by atoms with Gasteiger partial charge in [-0.3, -0.25) is 4.79 Å². The molecular weight excluding hydrogens is 380 g/mol. The van der Waals surface area contributed by atoms with Gasteiger partial charge in [-0.15, -0.1) is 16.4 Å². The summed E-state index contributed by atoms with van der Waals surface area (Å²) in [7, 11) is 0. The smallest absolute Gasteiger partial charge is 0.294 e. The topological polar surface area (TPSA) is 137 Å². The van der Waals surface area contributed by atoms with Gasteiger partial charge in [0.1, 0.15) is 5.69 Å². The zero-order valence-electron chi connectivity index (χ0n) is 14.6. The Kier molecular flexibility index (Phi) is 4.64. The molecule has 4 aromatic rings. The number of amides is 1.